The van der Waals surface area contributed by atoms with Crippen LogP contribution in [0, 0.1) is 13.8 Å². The van der Waals surface area contributed by atoms with Crippen LogP contribution < -0.4 is 0 Å². The van der Waals surface area contributed by atoms with E-state index >= 15 is 0 Å². The molecule has 0 aliphatic heterocycles. The minimum atomic E-state index is -0.523. The standard InChI is InChI=1S/C22H22N2O3/c1-15-18-11-7-8-12-19(18)23-16(2)21(15)22(26)27-14-20(25)24(3)13-17-9-5-4-6-10-17/h4-12H,13-14H2,1-3H3. The average molecular weight is 362 g/mol. The molecular formula is C22H22N2O3. The van der Waals surface area contributed by atoms with Crippen LogP contribution in [0.5, 0.6) is 0 Å². The van der Waals surface area contributed by atoms with Gasteiger partial charge in [0.05, 0.1) is 16.8 Å². The van der Waals surface area contributed by atoms with Gasteiger partial charge in [0.25, 0.3) is 5.91 Å². The number of nitrogens with zero attached hydrogens (tertiary/aromatic N) is 2. The number of hydrogen-bond donors (Lipinski definition) is 0. The summed E-state index contributed by atoms with van der Waals surface area (Å²) in [5, 5.41) is 0.905. The first-order valence-corrected chi connectivity index (χ1v) is 8.78. The van der Waals surface area contributed by atoms with Gasteiger partial charge in [-0.25, -0.2) is 4.79 Å². The molecule has 0 unspecified atom stereocenters. The largest absolute Gasteiger partial charge is 0.452 e. The summed E-state index contributed by atoms with van der Waals surface area (Å²) >= 11 is 0. The zero-order valence-electron chi connectivity index (χ0n) is 15.7. The Balaban J connectivity index is 1.69. The van der Waals surface area contributed by atoms with Gasteiger partial charge in [0, 0.05) is 19.0 Å². The van der Waals surface area contributed by atoms with Crippen LogP contribution in [0.1, 0.15) is 27.2 Å². The third-order valence-corrected chi connectivity index (χ3v) is 4.55. The number of para-hydroxylation sites is 1. The maximum Gasteiger partial charge on any atom is 0.340 e. The van der Waals surface area contributed by atoms with Gasteiger partial charge in [-0.3, -0.25) is 9.78 Å². The molecule has 0 radical (unpaired) electrons. The van der Waals surface area contributed by atoms with Crippen molar-refractivity contribution in [3.8, 4) is 0 Å². The fourth-order valence-corrected chi connectivity index (χ4v) is 3.09. The third-order valence-electron chi connectivity index (χ3n) is 4.55. The van der Waals surface area contributed by atoms with Gasteiger partial charge in [0.15, 0.2) is 6.61 Å². The van der Waals surface area contributed by atoms with Gasteiger partial charge in [0.1, 0.15) is 0 Å². The number of ether oxygens (including phenoxy) is 1. The molecule has 0 atom stereocenters. The van der Waals surface area contributed by atoms with Crippen molar-refractivity contribution in [3.63, 3.8) is 0 Å². The molecule has 1 heterocycles. The lowest BCUT2D eigenvalue weighted by molar-refractivity contribution is -0.133. The number of esters is 1. The van der Waals surface area contributed by atoms with Crippen molar-refractivity contribution in [1.82, 2.24) is 9.88 Å². The Morgan fingerprint density at radius 2 is 1.67 bits per heavy atom. The summed E-state index contributed by atoms with van der Waals surface area (Å²) < 4.78 is 5.29. The highest BCUT2D eigenvalue weighted by Gasteiger charge is 2.19. The van der Waals surface area contributed by atoms with Gasteiger partial charge >= 0.3 is 5.97 Å². The van der Waals surface area contributed by atoms with Gasteiger partial charge < -0.3 is 9.64 Å². The zero-order chi connectivity index (χ0) is 19.4. The second-order valence-electron chi connectivity index (χ2n) is 6.53. The quantitative estimate of drug-likeness (QED) is 0.650. The number of fused-ring (bicyclic) bond motifs is 1. The maximum atomic E-state index is 12.6. The highest BCUT2D eigenvalue weighted by atomic mass is 16.5. The molecule has 0 saturated carbocycles. The van der Waals surface area contributed by atoms with Gasteiger partial charge in [-0.15, -0.1) is 0 Å². The topological polar surface area (TPSA) is 59.5 Å². The molecule has 5 nitrogen and oxygen atoms in total. The smallest absolute Gasteiger partial charge is 0.340 e. The first kappa shape index (κ1) is 18.6. The van der Waals surface area contributed by atoms with Crippen LogP contribution in [0.4, 0.5) is 0 Å². The summed E-state index contributed by atoms with van der Waals surface area (Å²) in [6, 6.07) is 17.3. The number of hydrogen-bond acceptors (Lipinski definition) is 4. The predicted octanol–water partition coefficient (Wildman–Crippen LogP) is 3.67. The van der Waals surface area contributed by atoms with E-state index in [0.717, 1.165) is 22.0 Å². The fraction of sp³-hybridized carbons (Fsp3) is 0.227. The van der Waals surface area contributed by atoms with E-state index in [0.29, 0.717) is 17.8 Å². The molecule has 0 N–H and O–H groups in total. The second-order valence-corrected chi connectivity index (χ2v) is 6.53. The zero-order valence-corrected chi connectivity index (χ0v) is 15.7. The Morgan fingerprint density at radius 1 is 1.00 bits per heavy atom. The predicted molar refractivity (Wildman–Crippen MR) is 104 cm³/mol. The van der Waals surface area contributed by atoms with Crippen molar-refractivity contribution >= 4 is 22.8 Å². The van der Waals surface area contributed by atoms with E-state index in [4.69, 9.17) is 4.74 Å². The summed E-state index contributed by atoms with van der Waals surface area (Å²) in [7, 11) is 1.69. The normalized spacial score (nSPS) is 10.6. The van der Waals surface area contributed by atoms with E-state index in [2.05, 4.69) is 4.98 Å². The molecule has 5 heteroatoms. The number of pyridine rings is 1. The molecule has 0 fully saturated rings. The highest BCUT2D eigenvalue weighted by molar-refractivity contribution is 5.99. The van der Waals surface area contributed by atoms with Crippen LogP contribution in [0.2, 0.25) is 0 Å². The molecule has 1 aromatic heterocycles. The number of amides is 1. The van der Waals surface area contributed by atoms with Gasteiger partial charge in [-0.05, 0) is 31.0 Å². The second kappa shape index (κ2) is 7.99. The summed E-state index contributed by atoms with van der Waals surface area (Å²) in [5.74, 6) is -0.777. The van der Waals surface area contributed by atoms with Gasteiger partial charge in [0.2, 0.25) is 0 Å². The lowest BCUT2D eigenvalue weighted by atomic mass is 10.0. The van der Waals surface area contributed by atoms with Crippen molar-refractivity contribution in [2.75, 3.05) is 13.7 Å². The summed E-state index contributed by atoms with van der Waals surface area (Å²) in [5.41, 5.74) is 3.69. The van der Waals surface area contributed by atoms with Crippen molar-refractivity contribution < 1.29 is 14.3 Å². The van der Waals surface area contributed by atoms with Gasteiger partial charge in [-0.2, -0.15) is 0 Å². The van der Waals surface area contributed by atoms with E-state index in [1.165, 1.54) is 0 Å². The average Bonchev–Trinajstić information content (AvgIpc) is 2.66. The number of aryl methyl sites for hydroxylation is 2. The summed E-state index contributed by atoms with van der Waals surface area (Å²) in [6.07, 6.45) is 0. The lowest BCUT2D eigenvalue weighted by Crippen LogP contribution is -2.31. The van der Waals surface area contributed by atoms with Gasteiger partial charge in [-0.1, -0.05) is 48.5 Å². The van der Waals surface area contributed by atoms with Crippen LogP contribution in [0.15, 0.2) is 54.6 Å². The summed E-state index contributed by atoms with van der Waals surface area (Å²) in [6.45, 7) is 3.82. The Hall–Kier alpha value is -3.21. The number of carbonyl (C=O) groups excluding carboxylic acids is 2. The summed E-state index contributed by atoms with van der Waals surface area (Å²) in [4.78, 5) is 30.9. The molecule has 0 saturated heterocycles. The molecular weight excluding hydrogens is 340 g/mol. The molecule has 138 valence electrons. The molecule has 27 heavy (non-hydrogen) atoms. The highest BCUT2D eigenvalue weighted by Crippen LogP contribution is 2.23. The molecule has 0 spiro atoms. The number of rotatable bonds is 5. The number of aromatic nitrogens is 1. The Bertz CT molecular complexity index is 984. The molecule has 0 aliphatic carbocycles. The van der Waals surface area contributed by atoms with Crippen molar-refractivity contribution in [2.24, 2.45) is 0 Å². The van der Waals surface area contributed by atoms with Crippen LogP contribution in [-0.2, 0) is 16.1 Å². The lowest BCUT2D eigenvalue weighted by Gasteiger charge is -2.18. The van der Waals surface area contributed by atoms with Crippen LogP contribution in [0.3, 0.4) is 0 Å². The minimum absolute atomic E-state index is 0.253. The SMILES string of the molecule is Cc1nc2ccccc2c(C)c1C(=O)OCC(=O)N(C)Cc1ccccc1. The van der Waals surface area contributed by atoms with Crippen molar-refractivity contribution in [1.29, 1.82) is 0 Å². The first-order valence-electron chi connectivity index (χ1n) is 8.78. The molecule has 0 aliphatic rings. The van der Waals surface area contributed by atoms with E-state index in [9.17, 15) is 9.59 Å². The van der Waals surface area contributed by atoms with Crippen molar-refractivity contribution in [2.45, 2.75) is 20.4 Å². The molecule has 3 aromatic rings. The Morgan fingerprint density at radius 3 is 2.41 bits per heavy atom. The van der Waals surface area contributed by atoms with E-state index < -0.39 is 5.97 Å². The van der Waals surface area contributed by atoms with E-state index in [1.54, 1.807) is 18.9 Å². The number of likely N-dealkylation sites (N-methyl/N-ethyl adjacent to an activating group) is 1. The van der Waals surface area contributed by atoms with Crippen LogP contribution in [-0.4, -0.2) is 35.4 Å². The number of benzene rings is 2. The van der Waals surface area contributed by atoms with Crippen LogP contribution in [0.25, 0.3) is 10.9 Å². The molecule has 0 bridgehead atoms. The first-order chi connectivity index (χ1) is 13.0. The fourth-order valence-electron chi connectivity index (χ4n) is 3.09. The number of carbonyl (C=O) groups is 2. The monoisotopic (exact) mass is 362 g/mol. The third kappa shape index (κ3) is 4.14. The molecule has 1 amide bonds. The molecule has 3 rings (SSSR count). The minimum Gasteiger partial charge on any atom is -0.452 e. The Labute approximate surface area is 158 Å². The van der Waals surface area contributed by atoms with Crippen LogP contribution >= 0.6 is 0 Å². The van der Waals surface area contributed by atoms with E-state index in [-0.39, 0.29) is 12.5 Å². The van der Waals surface area contributed by atoms with Crippen molar-refractivity contribution in [3.05, 3.63) is 77.0 Å². The van der Waals surface area contributed by atoms with E-state index in [1.807, 2.05) is 61.5 Å². The molecule has 2 aromatic carbocycles. The Kier molecular flexibility index (Phi) is 5.50. The maximum absolute atomic E-state index is 12.6.